The maximum atomic E-state index is 6.33. The molecule has 200 valence electrons. The van der Waals surface area contributed by atoms with Crippen molar-refractivity contribution in [3.63, 3.8) is 0 Å². The molecule has 0 saturated heterocycles. The standard InChI is InChI=1S/C29H24N6O5/c1-18-22(6-5-15-37-25-7-3-4-14-30-25)26(19-8-10-20(36-2)11-9-19)27(28-32-34-35-33-28)29(31-18)40-21-12-13-23-24(16-21)39-17-38-23/h3-14,16H,15,17H2,1-2H3,(H,32,33,34,35)/b6-5+. The van der Waals surface area contributed by atoms with Crippen LogP contribution in [0.1, 0.15) is 11.3 Å². The molecule has 2 aromatic carbocycles. The molecule has 0 amide bonds. The van der Waals surface area contributed by atoms with E-state index < -0.39 is 0 Å². The molecule has 0 bridgehead atoms. The number of aromatic amines is 1. The van der Waals surface area contributed by atoms with E-state index in [0.29, 0.717) is 47.0 Å². The molecule has 0 fully saturated rings. The molecule has 0 atom stereocenters. The third-order valence-corrected chi connectivity index (χ3v) is 6.15. The van der Waals surface area contributed by atoms with Crippen LogP contribution in [0.5, 0.6) is 34.8 Å². The van der Waals surface area contributed by atoms with Gasteiger partial charge in [0, 0.05) is 35.2 Å². The van der Waals surface area contributed by atoms with Gasteiger partial charge in [0.15, 0.2) is 11.5 Å². The van der Waals surface area contributed by atoms with E-state index in [2.05, 4.69) is 25.6 Å². The lowest BCUT2D eigenvalue weighted by atomic mass is 9.93. The molecule has 5 aromatic rings. The number of aryl methyl sites for hydroxylation is 1. The molecule has 1 aliphatic rings. The van der Waals surface area contributed by atoms with Crippen molar-refractivity contribution in [1.29, 1.82) is 0 Å². The van der Waals surface area contributed by atoms with E-state index in [1.165, 1.54) is 0 Å². The second-order valence-corrected chi connectivity index (χ2v) is 8.63. The summed E-state index contributed by atoms with van der Waals surface area (Å²) in [4.78, 5) is 9.03. The summed E-state index contributed by atoms with van der Waals surface area (Å²) in [7, 11) is 1.63. The lowest BCUT2D eigenvalue weighted by Gasteiger charge is -2.18. The summed E-state index contributed by atoms with van der Waals surface area (Å²) in [5.74, 6) is 3.68. The van der Waals surface area contributed by atoms with Crippen molar-refractivity contribution in [2.24, 2.45) is 0 Å². The summed E-state index contributed by atoms with van der Waals surface area (Å²) >= 11 is 0. The monoisotopic (exact) mass is 536 g/mol. The number of H-pyrrole nitrogens is 1. The van der Waals surface area contributed by atoms with Crippen LogP contribution in [0.4, 0.5) is 0 Å². The summed E-state index contributed by atoms with van der Waals surface area (Å²) in [6, 6.07) is 18.6. The van der Waals surface area contributed by atoms with Crippen molar-refractivity contribution in [3.05, 3.63) is 84.2 Å². The molecule has 11 heteroatoms. The Morgan fingerprint density at radius 1 is 0.975 bits per heavy atom. The normalized spacial score (nSPS) is 12.1. The van der Waals surface area contributed by atoms with Gasteiger partial charge in [-0.15, -0.1) is 10.2 Å². The molecule has 11 nitrogen and oxygen atoms in total. The van der Waals surface area contributed by atoms with Gasteiger partial charge < -0.3 is 23.7 Å². The Bertz CT molecular complexity index is 1640. The molecular formula is C29H24N6O5. The van der Waals surface area contributed by atoms with E-state index in [-0.39, 0.29) is 6.79 Å². The highest BCUT2D eigenvalue weighted by Crippen LogP contribution is 2.44. The van der Waals surface area contributed by atoms with E-state index in [1.54, 1.807) is 37.6 Å². The molecule has 0 radical (unpaired) electrons. The zero-order valence-electron chi connectivity index (χ0n) is 21.7. The number of rotatable bonds is 9. The van der Waals surface area contributed by atoms with Gasteiger partial charge in [-0.05, 0) is 54.1 Å². The fourth-order valence-corrected chi connectivity index (χ4v) is 4.29. The highest BCUT2D eigenvalue weighted by atomic mass is 16.7. The number of nitrogens with zero attached hydrogens (tertiary/aromatic N) is 5. The van der Waals surface area contributed by atoms with Crippen molar-refractivity contribution in [2.45, 2.75) is 6.92 Å². The van der Waals surface area contributed by atoms with Crippen LogP contribution in [0.3, 0.4) is 0 Å². The molecule has 0 saturated carbocycles. The third kappa shape index (κ3) is 5.12. The fourth-order valence-electron chi connectivity index (χ4n) is 4.29. The average molecular weight is 537 g/mol. The molecular weight excluding hydrogens is 512 g/mol. The van der Waals surface area contributed by atoms with Gasteiger partial charge in [0.2, 0.25) is 24.4 Å². The second kappa shape index (κ2) is 11.1. The molecule has 1 N–H and O–H groups in total. The van der Waals surface area contributed by atoms with Gasteiger partial charge in [0.05, 0.1) is 12.7 Å². The van der Waals surface area contributed by atoms with Gasteiger partial charge >= 0.3 is 0 Å². The van der Waals surface area contributed by atoms with Gasteiger partial charge in [-0.25, -0.2) is 9.97 Å². The van der Waals surface area contributed by atoms with Gasteiger partial charge in [0.25, 0.3) is 0 Å². The van der Waals surface area contributed by atoms with Gasteiger partial charge in [-0.2, -0.15) is 5.21 Å². The molecule has 4 heterocycles. The molecule has 0 aliphatic carbocycles. The van der Waals surface area contributed by atoms with E-state index in [0.717, 1.165) is 28.1 Å². The first-order valence-corrected chi connectivity index (χ1v) is 12.4. The van der Waals surface area contributed by atoms with Crippen LogP contribution in [-0.2, 0) is 0 Å². The van der Waals surface area contributed by atoms with Crippen molar-refractivity contribution in [3.8, 4) is 57.3 Å². The number of tetrazole rings is 1. The number of hydrogen-bond acceptors (Lipinski definition) is 10. The molecule has 6 rings (SSSR count). The van der Waals surface area contributed by atoms with Crippen LogP contribution in [0.25, 0.3) is 28.6 Å². The average Bonchev–Trinajstić information content (AvgIpc) is 3.69. The smallest absolute Gasteiger partial charge is 0.231 e. The van der Waals surface area contributed by atoms with Crippen molar-refractivity contribution in [2.75, 3.05) is 20.5 Å². The zero-order chi connectivity index (χ0) is 27.3. The fraction of sp³-hybridized carbons (Fsp3) is 0.138. The Balaban J connectivity index is 1.46. The number of fused-ring (bicyclic) bond motifs is 1. The Hall–Kier alpha value is -5.45. The van der Waals surface area contributed by atoms with E-state index in [4.69, 9.17) is 28.7 Å². The molecule has 0 spiro atoms. The van der Waals surface area contributed by atoms with Crippen LogP contribution in [0.15, 0.2) is 72.9 Å². The Morgan fingerprint density at radius 3 is 2.60 bits per heavy atom. The number of methoxy groups -OCH3 is 1. The minimum Gasteiger partial charge on any atom is -0.497 e. The summed E-state index contributed by atoms with van der Waals surface area (Å²) in [6.45, 7) is 2.39. The largest absolute Gasteiger partial charge is 0.497 e. The van der Waals surface area contributed by atoms with Crippen molar-refractivity contribution in [1.82, 2.24) is 30.6 Å². The summed E-state index contributed by atoms with van der Waals surface area (Å²) < 4.78 is 28.4. The van der Waals surface area contributed by atoms with Gasteiger partial charge in [0.1, 0.15) is 18.1 Å². The first kappa shape index (κ1) is 24.9. The number of pyridine rings is 2. The molecule has 40 heavy (non-hydrogen) atoms. The Labute approximate surface area is 229 Å². The van der Waals surface area contributed by atoms with Gasteiger partial charge in [-0.1, -0.05) is 24.3 Å². The number of ether oxygens (including phenoxy) is 5. The zero-order valence-corrected chi connectivity index (χ0v) is 21.7. The summed E-state index contributed by atoms with van der Waals surface area (Å²) in [5, 5.41) is 14.9. The first-order chi connectivity index (χ1) is 19.7. The number of aromatic nitrogens is 6. The Kier molecular flexibility index (Phi) is 6.91. The minimum absolute atomic E-state index is 0.164. The number of benzene rings is 2. The SMILES string of the molecule is COc1ccc(-c2c(/C=C/COc3ccccn3)c(C)nc(Oc3ccc4c(c3)OCO4)c2-c2nn[nH]n2)cc1. The molecule has 3 aromatic heterocycles. The first-order valence-electron chi connectivity index (χ1n) is 12.4. The minimum atomic E-state index is 0.164. The van der Waals surface area contributed by atoms with Crippen LogP contribution in [0.2, 0.25) is 0 Å². The predicted octanol–water partition coefficient (Wildman–Crippen LogP) is 5.25. The maximum absolute atomic E-state index is 6.33. The van der Waals surface area contributed by atoms with Crippen molar-refractivity contribution < 1.29 is 23.7 Å². The third-order valence-electron chi connectivity index (χ3n) is 6.15. The predicted molar refractivity (Wildman–Crippen MR) is 146 cm³/mol. The van der Waals surface area contributed by atoms with Gasteiger partial charge in [-0.3, -0.25) is 0 Å². The highest BCUT2D eigenvalue weighted by molar-refractivity contribution is 5.90. The van der Waals surface area contributed by atoms with Crippen LogP contribution < -0.4 is 23.7 Å². The topological polar surface area (TPSA) is 126 Å². The number of nitrogens with one attached hydrogen (secondary N) is 1. The van der Waals surface area contributed by atoms with Crippen LogP contribution >= 0.6 is 0 Å². The maximum Gasteiger partial charge on any atom is 0.231 e. The van der Waals surface area contributed by atoms with E-state index >= 15 is 0 Å². The second-order valence-electron chi connectivity index (χ2n) is 8.63. The van der Waals surface area contributed by atoms with E-state index in [9.17, 15) is 0 Å². The lowest BCUT2D eigenvalue weighted by molar-refractivity contribution is 0.174. The Morgan fingerprint density at radius 2 is 1.82 bits per heavy atom. The quantitative estimate of drug-likeness (QED) is 0.267. The molecule has 1 aliphatic heterocycles. The van der Waals surface area contributed by atoms with Crippen LogP contribution in [-0.4, -0.2) is 51.1 Å². The lowest BCUT2D eigenvalue weighted by Crippen LogP contribution is -2.03. The summed E-state index contributed by atoms with van der Waals surface area (Å²) in [6.07, 6.45) is 5.55. The van der Waals surface area contributed by atoms with E-state index in [1.807, 2.05) is 55.5 Å². The van der Waals surface area contributed by atoms with Crippen LogP contribution in [0, 0.1) is 6.92 Å². The summed E-state index contributed by atoms with van der Waals surface area (Å²) in [5.41, 5.74) is 3.82. The van der Waals surface area contributed by atoms with Crippen molar-refractivity contribution >= 4 is 6.08 Å². The highest BCUT2D eigenvalue weighted by Gasteiger charge is 2.25. The number of hydrogen-bond donors (Lipinski definition) is 1. The molecule has 0 unspecified atom stereocenters.